The number of pyridine rings is 2. The van der Waals surface area contributed by atoms with E-state index in [-0.39, 0.29) is 10.0 Å². The number of nitrogens with one attached hydrogen (secondary N) is 1. The summed E-state index contributed by atoms with van der Waals surface area (Å²) in [6, 6.07) is 12.5. The zero-order valence-electron chi connectivity index (χ0n) is 22.9. The van der Waals surface area contributed by atoms with Crippen LogP contribution in [0, 0.1) is 34.3 Å². The van der Waals surface area contributed by atoms with Crippen molar-refractivity contribution in [3.8, 4) is 12.1 Å². The predicted molar refractivity (Wildman–Crippen MR) is 183 cm³/mol. The van der Waals surface area contributed by atoms with Gasteiger partial charge in [-0.05, 0) is 48.9 Å². The molecule has 4 aromatic heterocycles. The molecule has 0 saturated heterocycles. The Morgan fingerprint density at radius 1 is 0.800 bits per heavy atom. The van der Waals surface area contributed by atoms with Gasteiger partial charge in [-0.25, -0.2) is 28.7 Å². The van der Waals surface area contributed by atoms with Gasteiger partial charge in [-0.3, -0.25) is 0 Å². The SMILES string of the molecule is CSc1nc2ncc(C#N)c(Cl)c2s1.CSc1nc2ncc(C#N)c(Nc3ccc(F)c(Cl)c3)c2s1.Nc1ccc(F)c(Cl)c1. The van der Waals surface area contributed by atoms with Crippen LogP contribution in [0.3, 0.4) is 0 Å². The van der Waals surface area contributed by atoms with Gasteiger partial charge in [0.2, 0.25) is 0 Å². The Labute approximate surface area is 287 Å². The van der Waals surface area contributed by atoms with Gasteiger partial charge >= 0.3 is 0 Å². The quantitative estimate of drug-likeness (QED) is 0.133. The molecule has 45 heavy (non-hydrogen) atoms. The van der Waals surface area contributed by atoms with Crippen LogP contribution in [0.1, 0.15) is 11.1 Å². The first-order chi connectivity index (χ1) is 21.6. The highest BCUT2D eigenvalue weighted by atomic mass is 35.5. The average molecular weight is 738 g/mol. The molecule has 0 aliphatic heterocycles. The molecule has 6 aromatic rings. The third-order valence-electron chi connectivity index (χ3n) is 5.47. The lowest BCUT2D eigenvalue weighted by Crippen LogP contribution is -1.96. The number of nitrogens with two attached hydrogens (primary N) is 1. The van der Waals surface area contributed by atoms with Crippen LogP contribution in [0.2, 0.25) is 15.1 Å². The van der Waals surface area contributed by atoms with Gasteiger partial charge in [0.1, 0.15) is 23.8 Å². The molecule has 2 aromatic carbocycles. The zero-order chi connectivity index (χ0) is 32.7. The Balaban J connectivity index is 0.000000171. The molecule has 0 spiro atoms. The molecular weight excluding hydrogens is 721 g/mol. The number of hydrogen-bond acceptors (Lipinski definition) is 12. The van der Waals surface area contributed by atoms with E-state index in [1.807, 2.05) is 18.6 Å². The van der Waals surface area contributed by atoms with Crippen molar-refractivity contribution in [2.75, 3.05) is 23.6 Å². The molecule has 0 saturated carbocycles. The van der Waals surface area contributed by atoms with Gasteiger partial charge in [-0.1, -0.05) is 58.3 Å². The number of hydrogen-bond donors (Lipinski definition) is 2. The van der Waals surface area contributed by atoms with E-state index < -0.39 is 11.6 Å². The molecule has 0 fully saturated rings. The Morgan fingerprint density at radius 2 is 1.33 bits per heavy atom. The van der Waals surface area contributed by atoms with E-state index in [4.69, 9.17) is 45.8 Å². The summed E-state index contributed by atoms with van der Waals surface area (Å²) in [7, 11) is 0. The smallest absolute Gasteiger partial charge is 0.173 e. The molecule has 0 unspecified atom stereocenters. The fourth-order valence-corrected chi connectivity index (χ4v) is 7.01. The molecule has 228 valence electrons. The number of nitrogen functional groups attached to an aromatic ring is 1. The lowest BCUT2D eigenvalue weighted by Gasteiger charge is -2.09. The summed E-state index contributed by atoms with van der Waals surface area (Å²) in [4.78, 5) is 16.9. The standard InChI is InChI=1S/C14H8ClFN4S2.C8H4ClN3S2.C6H5ClFN/c1-21-14-20-13-12(22-14)11(7(5-17)6-18-13)19-8-2-3-10(16)9(15)4-8;1-13-8-12-7-6(14-8)5(9)4(2-10)3-11-7;7-5-3-4(9)1-2-6(5)8/h2-4,6H,1H3,(H,18,19);3H,1H3;1-3H,9H2. The first kappa shape index (κ1) is 34.4. The minimum absolute atomic E-state index is 0.0166. The highest BCUT2D eigenvalue weighted by Crippen LogP contribution is 2.36. The zero-order valence-corrected chi connectivity index (χ0v) is 28.4. The molecule has 6 rings (SSSR count). The van der Waals surface area contributed by atoms with Crippen LogP contribution in [0.15, 0.2) is 57.5 Å². The fraction of sp³-hybridized carbons (Fsp3) is 0.0714. The van der Waals surface area contributed by atoms with Gasteiger partial charge in [0.05, 0.1) is 41.3 Å². The van der Waals surface area contributed by atoms with Crippen molar-refractivity contribution < 1.29 is 8.78 Å². The van der Waals surface area contributed by atoms with E-state index in [1.165, 1.54) is 77.2 Å². The van der Waals surface area contributed by atoms with Gasteiger partial charge in [-0.15, -0.1) is 22.7 Å². The van der Waals surface area contributed by atoms with Crippen LogP contribution in [0.4, 0.5) is 25.8 Å². The maximum absolute atomic E-state index is 13.3. The number of nitriles is 2. The summed E-state index contributed by atoms with van der Waals surface area (Å²) in [5.74, 6) is -0.930. The molecule has 4 heterocycles. The summed E-state index contributed by atoms with van der Waals surface area (Å²) < 4.78 is 28.9. The highest BCUT2D eigenvalue weighted by molar-refractivity contribution is 8.00. The third-order valence-corrected chi connectivity index (χ3v) is 10.6. The second-order valence-electron chi connectivity index (χ2n) is 8.36. The van der Waals surface area contributed by atoms with E-state index >= 15 is 0 Å². The van der Waals surface area contributed by atoms with Crippen LogP contribution in [0.25, 0.3) is 20.7 Å². The monoisotopic (exact) mass is 736 g/mol. The molecule has 0 bridgehead atoms. The van der Waals surface area contributed by atoms with Gasteiger partial charge in [0, 0.05) is 23.8 Å². The molecule has 17 heteroatoms. The first-order valence-corrected chi connectivity index (χ1v) is 17.3. The Morgan fingerprint density at radius 3 is 1.87 bits per heavy atom. The number of rotatable bonds is 4. The number of benzene rings is 2. The molecule has 0 aliphatic rings. The van der Waals surface area contributed by atoms with Crippen molar-refractivity contribution in [3.05, 3.63) is 86.6 Å². The number of thiazole rings is 2. The maximum Gasteiger partial charge on any atom is 0.173 e. The Bertz CT molecular complexity index is 2090. The fourth-order valence-electron chi connectivity index (χ4n) is 3.38. The summed E-state index contributed by atoms with van der Waals surface area (Å²) in [5.41, 5.74) is 8.93. The number of thioether (sulfide) groups is 2. The summed E-state index contributed by atoms with van der Waals surface area (Å²) in [5, 5.41) is 21.7. The van der Waals surface area contributed by atoms with E-state index in [9.17, 15) is 14.0 Å². The number of aromatic nitrogens is 4. The van der Waals surface area contributed by atoms with Gasteiger partial charge in [0.25, 0.3) is 0 Å². The van der Waals surface area contributed by atoms with E-state index in [1.54, 1.807) is 17.8 Å². The Hall–Kier alpha value is -3.47. The molecule has 0 atom stereocenters. The van der Waals surface area contributed by atoms with Crippen LogP contribution < -0.4 is 11.1 Å². The van der Waals surface area contributed by atoms with E-state index in [0.717, 1.165) is 18.1 Å². The van der Waals surface area contributed by atoms with E-state index in [0.29, 0.717) is 44.5 Å². The number of halogens is 5. The Kier molecular flexibility index (Phi) is 12.0. The van der Waals surface area contributed by atoms with Gasteiger partial charge in [-0.2, -0.15) is 10.5 Å². The molecule has 8 nitrogen and oxygen atoms in total. The first-order valence-electron chi connectivity index (χ1n) is 12.1. The van der Waals surface area contributed by atoms with Crippen molar-refractivity contribution in [2.24, 2.45) is 0 Å². The second-order valence-corrected chi connectivity index (χ2v) is 13.7. The van der Waals surface area contributed by atoms with Crippen molar-refractivity contribution in [3.63, 3.8) is 0 Å². The molecular formula is C28H17Cl3F2N8S4. The molecule has 0 radical (unpaired) electrons. The highest BCUT2D eigenvalue weighted by Gasteiger charge is 2.15. The minimum atomic E-state index is -0.491. The van der Waals surface area contributed by atoms with E-state index in [2.05, 4.69) is 31.3 Å². The topological polar surface area (TPSA) is 137 Å². The number of nitrogens with zero attached hydrogens (tertiary/aromatic N) is 6. The van der Waals surface area contributed by atoms with Crippen molar-refractivity contribution >= 4 is 119 Å². The summed E-state index contributed by atoms with van der Waals surface area (Å²) >= 11 is 23.1. The predicted octanol–water partition coefficient (Wildman–Crippen LogP) is 9.82. The third kappa shape index (κ3) is 8.42. The average Bonchev–Trinajstić information content (AvgIpc) is 3.67. The van der Waals surface area contributed by atoms with Gasteiger partial charge in [0.15, 0.2) is 20.0 Å². The minimum Gasteiger partial charge on any atom is -0.399 e. The van der Waals surface area contributed by atoms with Gasteiger partial charge < -0.3 is 11.1 Å². The number of fused-ring (bicyclic) bond motifs is 2. The van der Waals surface area contributed by atoms with Crippen LogP contribution in [-0.4, -0.2) is 32.4 Å². The van der Waals surface area contributed by atoms with Crippen molar-refractivity contribution in [1.82, 2.24) is 19.9 Å². The number of anilines is 3. The van der Waals surface area contributed by atoms with Crippen molar-refractivity contribution in [2.45, 2.75) is 8.68 Å². The van der Waals surface area contributed by atoms with Crippen molar-refractivity contribution in [1.29, 1.82) is 10.5 Å². The molecule has 0 amide bonds. The molecule has 3 N–H and O–H groups in total. The molecule has 0 aliphatic carbocycles. The lowest BCUT2D eigenvalue weighted by atomic mass is 10.2. The normalized spacial score (nSPS) is 10.3. The van der Waals surface area contributed by atoms with Crippen LogP contribution >= 0.6 is 81.0 Å². The summed E-state index contributed by atoms with van der Waals surface area (Å²) in [6.07, 6.45) is 6.79. The summed E-state index contributed by atoms with van der Waals surface area (Å²) in [6.45, 7) is 0. The maximum atomic E-state index is 13.3. The lowest BCUT2D eigenvalue weighted by molar-refractivity contribution is 0.628. The largest absolute Gasteiger partial charge is 0.399 e. The van der Waals surface area contributed by atoms with Crippen LogP contribution in [0.5, 0.6) is 0 Å². The van der Waals surface area contributed by atoms with Crippen LogP contribution in [-0.2, 0) is 0 Å². The second kappa shape index (κ2) is 15.7.